The van der Waals surface area contributed by atoms with Crippen LogP contribution in [0.4, 0.5) is 5.69 Å². The number of aromatic nitrogens is 1. The number of ether oxygens (including phenoxy) is 1. The quantitative estimate of drug-likeness (QED) is 0.651. The Bertz CT molecular complexity index is 862. The van der Waals surface area contributed by atoms with Gasteiger partial charge in [-0.1, -0.05) is 42.8 Å². The molecule has 1 unspecified atom stereocenters. The van der Waals surface area contributed by atoms with Gasteiger partial charge < -0.3 is 20.6 Å². The smallest absolute Gasteiger partial charge is 0.0632 e. The van der Waals surface area contributed by atoms with E-state index in [-0.39, 0.29) is 22.0 Å². The van der Waals surface area contributed by atoms with Crippen molar-refractivity contribution in [3.63, 3.8) is 0 Å². The molecule has 5 heteroatoms. The number of rotatable bonds is 1. The fourth-order valence-electron chi connectivity index (χ4n) is 6.25. The van der Waals surface area contributed by atoms with Crippen molar-refractivity contribution in [2.75, 3.05) is 25.1 Å². The molecular weight excluding hydrogens is 400 g/mol. The summed E-state index contributed by atoms with van der Waals surface area (Å²) in [5.41, 5.74) is 4.97. The van der Waals surface area contributed by atoms with Gasteiger partial charge in [-0.05, 0) is 70.3 Å². The SMILES string of the molecule is CN1CC(C)(C2CCC3(CC2)COC(C)(C)C3)c2cnccc21.Cc1ccccc1.O.O. The van der Waals surface area contributed by atoms with Gasteiger partial charge in [0.15, 0.2) is 0 Å². The van der Waals surface area contributed by atoms with E-state index in [4.69, 9.17) is 4.74 Å². The molecule has 2 aliphatic heterocycles. The molecule has 0 bridgehead atoms. The predicted molar refractivity (Wildman–Crippen MR) is 132 cm³/mol. The number of anilines is 1. The molecule has 1 aliphatic carbocycles. The molecule has 3 aliphatic rings. The first kappa shape index (κ1) is 26.3. The fourth-order valence-corrected chi connectivity index (χ4v) is 6.25. The second kappa shape index (κ2) is 9.90. The topological polar surface area (TPSA) is 88.4 Å². The Morgan fingerprint density at radius 3 is 2.19 bits per heavy atom. The molecule has 1 aromatic carbocycles. The van der Waals surface area contributed by atoms with Crippen molar-refractivity contribution in [1.29, 1.82) is 0 Å². The molecule has 1 aromatic heterocycles. The van der Waals surface area contributed by atoms with E-state index in [0.717, 1.165) is 19.1 Å². The molecule has 2 fully saturated rings. The molecule has 1 saturated carbocycles. The number of benzene rings is 1. The van der Waals surface area contributed by atoms with Gasteiger partial charge in [0.05, 0.1) is 12.2 Å². The number of aryl methyl sites for hydroxylation is 1. The molecule has 4 N–H and O–H groups in total. The summed E-state index contributed by atoms with van der Waals surface area (Å²) >= 11 is 0. The van der Waals surface area contributed by atoms with E-state index >= 15 is 0 Å². The highest BCUT2D eigenvalue weighted by Crippen LogP contribution is 2.55. The van der Waals surface area contributed by atoms with Crippen molar-refractivity contribution in [1.82, 2.24) is 4.98 Å². The van der Waals surface area contributed by atoms with Gasteiger partial charge in [0, 0.05) is 42.7 Å². The zero-order valence-corrected chi connectivity index (χ0v) is 20.4. The van der Waals surface area contributed by atoms with Gasteiger partial charge in [-0.2, -0.15) is 0 Å². The average molecular weight is 443 g/mol. The first-order chi connectivity index (χ1) is 14.2. The molecule has 3 heterocycles. The summed E-state index contributed by atoms with van der Waals surface area (Å²) in [6.07, 6.45) is 10.6. The fraction of sp³-hybridized carbons (Fsp3) is 0.593. The molecule has 1 spiro atoms. The number of hydrogen-bond acceptors (Lipinski definition) is 3. The Morgan fingerprint density at radius 2 is 1.66 bits per heavy atom. The minimum Gasteiger partial charge on any atom is -0.412 e. The number of hydrogen-bond donors (Lipinski definition) is 0. The highest BCUT2D eigenvalue weighted by molar-refractivity contribution is 5.61. The lowest BCUT2D eigenvalue weighted by atomic mass is 9.60. The molecule has 2 aromatic rings. The number of nitrogens with zero attached hydrogens (tertiary/aromatic N) is 2. The van der Waals surface area contributed by atoms with E-state index in [1.807, 2.05) is 24.4 Å². The highest BCUT2D eigenvalue weighted by atomic mass is 16.5. The third-order valence-electron chi connectivity index (χ3n) is 7.85. The van der Waals surface area contributed by atoms with Crippen LogP contribution in [0.25, 0.3) is 0 Å². The molecule has 0 radical (unpaired) electrons. The first-order valence-electron chi connectivity index (χ1n) is 11.5. The zero-order valence-electron chi connectivity index (χ0n) is 20.4. The molecule has 5 rings (SSSR count). The van der Waals surface area contributed by atoms with Gasteiger partial charge >= 0.3 is 0 Å². The molecule has 5 nitrogen and oxygen atoms in total. The second-order valence-corrected chi connectivity index (χ2v) is 10.8. The lowest BCUT2D eigenvalue weighted by Gasteiger charge is -2.43. The van der Waals surface area contributed by atoms with Gasteiger partial charge in [-0.15, -0.1) is 0 Å². The van der Waals surface area contributed by atoms with Crippen molar-refractivity contribution >= 4 is 5.69 Å². The maximum Gasteiger partial charge on any atom is 0.0632 e. The van der Waals surface area contributed by atoms with E-state index in [1.165, 1.54) is 48.9 Å². The van der Waals surface area contributed by atoms with Crippen LogP contribution in [0.3, 0.4) is 0 Å². The number of fused-ring (bicyclic) bond motifs is 1. The maximum absolute atomic E-state index is 6.07. The van der Waals surface area contributed by atoms with Gasteiger partial charge in [0.1, 0.15) is 0 Å². The zero-order chi connectivity index (χ0) is 21.4. The van der Waals surface area contributed by atoms with E-state index in [9.17, 15) is 0 Å². The summed E-state index contributed by atoms with van der Waals surface area (Å²) in [7, 11) is 2.22. The number of likely N-dealkylation sites (N-methyl/N-ethyl adjacent to an activating group) is 1. The summed E-state index contributed by atoms with van der Waals surface area (Å²) in [4.78, 5) is 6.84. The molecule has 32 heavy (non-hydrogen) atoms. The minimum atomic E-state index is 0. The van der Waals surface area contributed by atoms with Crippen LogP contribution < -0.4 is 4.90 Å². The molecule has 1 saturated heterocycles. The summed E-state index contributed by atoms with van der Waals surface area (Å²) in [5.74, 6) is 0.768. The normalized spacial score (nSPS) is 29.9. The van der Waals surface area contributed by atoms with Crippen molar-refractivity contribution in [3.8, 4) is 0 Å². The van der Waals surface area contributed by atoms with Crippen LogP contribution in [0, 0.1) is 18.3 Å². The van der Waals surface area contributed by atoms with Crippen LogP contribution >= 0.6 is 0 Å². The standard InChI is InChI=1S/C20H30N2O.C7H8.2H2O/c1-18(2)12-20(14-23-18)8-5-15(6-9-20)19(3)13-22(4)17-7-10-21-11-16(17)19;1-7-5-3-2-4-6-7;;/h7,10-11,15H,5-6,8-9,12-14H2,1-4H3;2-6H,1H3;2*1H2. The average Bonchev–Trinajstić information content (AvgIpc) is 3.17. The summed E-state index contributed by atoms with van der Waals surface area (Å²) in [5, 5.41) is 0. The molecular formula is C27H42N2O3. The third-order valence-corrected chi connectivity index (χ3v) is 7.85. The van der Waals surface area contributed by atoms with Crippen LogP contribution in [-0.4, -0.2) is 41.7 Å². The third kappa shape index (κ3) is 5.16. The van der Waals surface area contributed by atoms with Crippen molar-refractivity contribution < 1.29 is 15.7 Å². The summed E-state index contributed by atoms with van der Waals surface area (Å²) in [6, 6.07) is 12.4. The van der Waals surface area contributed by atoms with Crippen molar-refractivity contribution in [3.05, 3.63) is 59.9 Å². The monoisotopic (exact) mass is 442 g/mol. The van der Waals surface area contributed by atoms with Crippen LogP contribution in [0.1, 0.15) is 64.0 Å². The van der Waals surface area contributed by atoms with Crippen LogP contribution in [0.15, 0.2) is 48.8 Å². The first-order valence-corrected chi connectivity index (χ1v) is 11.5. The molecule has 178 valence electrons. The lowest BCUT2D eigenvalue weighted by molar-refractivity contribution is 0.0253. The van der Waals surface area contributed by atoms with Gasteiger partial charge in [-0.3, -0.25) is 4.98 Å². The van der Waals surface area contributed by atoms with Gasteiger partial charge in [0.2, 0.25) is 0 Å². The molecule has 0 amide bonds. The highest BCUT2D eigenvalue weighted by Gasteiger charge is 2.50. The van der Waals surface area contributed by atoms with E-state index in [0.29, 0.717) is 5.41 Å². The number of pyridine rings is 1. The Hall–Kier alpha value is -1.95. The lowest BCUT2D eigenvalue weighted by Crippen LogP contribution is -2.41. The van der Waals surface area contributed by atoms with Crippen LogP contribution in [0.5, 0.6) is 0 Å². The Labute approximate surface area is 193 Å². The summed E-state index contributed by atoms with van der Waals surface area (Å²) in [6.45, 7) is 11.2. The largest absolute Gasteiger partial charge is 0.412 e. The van der Waals surface area contributed by atoms with Crippen LogP contribution in [-0.2, 0) is 10.2 Å². The Kier molecular flexibility index (Phi) is 8.14. The predicted octanol–water partition coefficient (Wildman–Crippen LogP) is 4.51. The minimum absolute atomic E-state index is 0. The van der Waals surface area contributed by atoms with E-state index in [1.54, 1.807) is 0 Å². The maximum atomic E-state index is 6.07. The van der Waals surface area contributed by atoms with Gasteiger partial charge in [-0.25, -0.2) is 0 Å². The van der Waals surface area contributed by atoms with Crippen LogP contribution in [0.2, 0.25) is 0 Å². The Balaban J connectivity index is 0.000000349. The van der Waals surface area contributed by atoms with Gasteiger partial charge in [0.25, 0.3) is 0 Å². The summed E-state index contributed by atoms with van der Waals surface area (Å²) < 4.78 is 6.07. The van der Waals surface area contributed by atoms with Crippen molar-refractivity contribution in [2.24, 2.45) is 11.3 Å². The second-order valence-electron chi connectivity index (χ2n) is 10.8. The Morgan fingerprint density at radius 1 is 1.00 bits per heavy atom. The molecule has 1 atom stereocenters. The van der Waals surface area contributed by atoms with E-state index in [2.05, 4.69) is 69.0 Å². The van der Waals surface area contributed by atoms with Crippen molar-refractivity contribution in [2.45, 2.75) is 70.8 Å². The van der Waals surface area contributed by atoms with E-state index < -0.39 is 0 Å².